The Morgan fingerprint density at radius 3 is 2.74 bits per heavy atom. The third-order valence-electron chi connectivity index (χ3n) is 3.17. The average molecular weight is 263 g/mol. The molecule has 0 aromatic carbocycles. The SMILES string of the molecule is CCNC(=O)c1ccc(NCCN2CCCC2)nn1. The zero-order valence-electron chi connectivity index (χ0n) is 11.4. The van der Waals surface area contributed by atoms with Gasteiger partial charge in [0.1, 0.15) is 5.82 Å². The van der Waals surface area contributed by atoms with E-state index in [1.807, 2.05) is 6.92 Å². The molecule has 0 radical (unpaired) electrons. The van der Waals surface area contributed by atoms with E-state index in [-0.39, 0.29) is 5.91 Å². The third kappa shape index (κ3) is 4.17. The molecule has 2 N–H and O–H groups in total. The number of nitrogens with zero attached hydrogens (tertiary/aromatic N) is 3. The first kappa shape index (κ1) is 13.7. The molecule has 1 fully saturated rings. The summed E-state index contributed by atoms with van der Waals surface area (Å²) in [6, 6.07) is 3.48. The Balaban J connectivity index is 1.76. The fourth-order valence-corrected chi connectivity index (χ4v) is 2.15. The van der Waals surface area contributed by atoms with E-state index in [0.29, 0.717) is 18.1 Å². The van der Waals surface area contributed by atoms with Crippen molar-refractivity contribution >= 4 is 11.7 Å². The first-order chi connectivity index (χ1) is 9.29. The van der Waals surface area contributed by atoms with Crippen molar-refractivity contribution in [2.75, 3.05) is 38.0 Å². The van der Waals surface area contributed by atoms with Crippen molar-refractivity contribution in [3.8, 4) is 0 Å². The van der Waals surface area contributed by atoms with Crippen molar-refractivity contribution in [2.24, 2.45) is 0 Å². The Bertz CT molecular complexity index is 400. The fraction of sp³-hybridized carbons (Fsp3) is 0.615. The highest BCUT2D eigenvalue weighted by atomic mass is 16.1. The van der Waals surface area contributed by atoms with E-state index in [9.17, 15) is 4.79 Å². The van der Waals surface area contributed by atoms with E-state index in [1.165, 1.54) is 25.9 Å². The second-order valence-electron chi connectivity index (χ2n) is 4.64. The summed E-state index contributed by atoms with van der Waals surface area (Å²) in [7, 11) is 0. The summed E-state index contributed by atoms with van der Waals surface area (Å²) in [5, 5.41) is 13.8. The van der Waals surface area contributed by atoms with Crippen molar-refractivity contribution in [1.82, 2.24) is 20.4 Å². The van der Waals surface area contributed by atoms with E-state index in [2.05, 4.69) is 25.7 Å². The highest BCUT2D eigenvalue weighted by Gasteiger charge is 2.10. The summed E-state index contributed by atoms with van der Waals surface area (Å²) in [6.07, 6.45) is 2.61. The fourth-order valence-electron chi connectivity index (χ4n) is 2.15. The van der Waals surface area contributed by atoms with Crippen molar-refractivity contribution in [2.45, 2.75) is 19.8 Å². The van der Waals surface area contributed by atoms with Crippen LogP contribution in [-0.4, -0.2) is 53.7 Å². The molecule has 1 aromatic rings. The molecule has 1 aliphatic heterocycles. The molecule has 0 aliphatic carbocycles. The van der Waals surface area contributed by atoms with Gasteiger partial charge in [-0.2, -0.15) is 0 Å². The number of amides is 1. The van der Waals surface area contributed by atoms with Crippen molar-refractivity contribution < 1.29 is 4.79 Å². The number of likely N-dealkylation sites (tertiary alicyclic amines) is 1. The van der Waals surface area contributed by atoms with Crippen LogP contribution in [0.2, 0.25) is 0 Å². The van der Waals surface area contributed by atoms with Crippen LogP contribution in [0, 0.1) is 0 Å². The summed E-state index contributed by atoms with van der Waals surface area (Å²) in [5.41, 5.74) is 0.354. The number of aromatic nitrogens is 2. The number of hydrogen-bond donors (Lipinski definition) is 2. The summed E-state index contributed by atoms with van der Waals surface area (Å²) in [5.74, 6) is 0.533. The molecular formula is C13H21N5O. The van der Waals surface area contributed by atoms with Crippen molar-refractivity contribution in [3.63, 3.8) is 0 Å². The molecule has 1 amide bonds. The topological polar surface area (TPSA) is 70.2 Å². The molecule has 1 saturated heterocycles. The standard InChI is InChI=1S/C13H21N5O/c1-2-14-13(19)11-5-6-12(17-16-11)15-7-10-18-8-3-4-9-18/h5-6H,2-4,7-10H2,1H3,(H,14,19)(H,15,17). The first-order valence-electron chi connectivity index (χ1n) is 6.87. The van der Waals surface area contributed by atoms with Crippen molar-refractivity contribution in [3.05, 3.63) is 17.8 Å². The van der Waals surface area contributed by atoms with E-state index >= 15 is 0 Å². The van der Waals surface area contributed by atoms with E-state index in [1.54, 1.807) is 12.1 Å². The zero-order chi connectivity index (χ0) is 13.5. The molecule has 2 heterocycles. The summed E-state index contributed by atoms with van der Waals surface area (Å²) in [4.78, 5) is 13.9. The lowest BCUT2D eigenvalue weighted by molar-refractivity contribution is 0.0950. The highest BCUT2D eigenvalue weighted by Crippen LogP contribution is 2.07. The van der Waals surface area contributed by atoms with Gasteiger partial charge >= 0.3 is 0 Å². The highest BCUT2D eigenvalue weighted by molar-refractivity contribution is 5.92. The van der Waals surface area contributed by atoms with E-state index in [0.717, 1.165) is 13.1 Å². The van der Waals surface area contributed by atoms with Crippen LogP contribution in [0.15, 0.2) is 12.1 Å². The molecule has 2 rings (SSSR count). The number of anilines is 1. The number of nitrogens with one attached hydrogen (secondary N) is 2. The van der Waals surface area contributed by atoms with Gasteiger partial charge in [0.25, 0.3) is 5.91 Å². The molecule has 0 atom stereocenters. The van der Waals surface area contributed by atoms with E-state index < -0.39 is 0 Å². The number of carbonyl (C=O) groups is 1. The maximum atomic E-state index is 11.5. The molecule has 0 unspecified atom stereocenters. The monoisotopic (exact) mass is 263 g/mol. The molecule has 6 heteroatoms. The van der Waals surface area contributed by atoms with Gasteiger partial charge in [-0.1, -0.05) is 0 Å². The van der Waals surface area contributed by atoms with Gasteiger partial charge in [-0.05, 0) is 45.0 Å². The minimum atomic E-state index is -0.182. The molecule has 0 bridgehead atoms. The van der Waals surface area contributed by atoms with Crippen LogP contribution in [-0.2, 0) is 0 Å². The average Bonchev–Trinajstić information content (AvgIpc) is 2.93. The van der Waals surface area contributed by atoms with Gasteiger partial charge < -0.3 is 15.5 Å². The quantitative estimate of drug-likeness (QED) is 0.792. The van der Waals surface area contributed by atoms with Crippen LogP contribution in [0.25, 0.3) is 0 Å². The normalized spacial score (nSPS) is 15.4. The smallest absolute Gasteiger partial charge is 0.271 e. The summed E-state index contributed by atoms with van der Waals surface area (Å²) < 4.78 is 0. The Morgan fingerprint density at radius 1 is 1.32 bits per heavy atom. The van der Waals surface area contributed by atoms with Gasteiger partial charge in [0.15, 0.2) is 5.69 Å². The second kappa shape index (κ2) is 7.04. The minimum Gasteiger partial charge on any atom is -0.367 e. The lowest BCUT2D eigenvalue weighted by Gasteiger charge is -2.14. The van der Waals surface area contributed by atoms with Gasteiger partial charge in [0, 0.05) is 19.6 Å². The maximum absolute atomic E-state index is 11.5. The molecular weight excluding hydrogens is 242 g/mol. The van der Waals surface area contributed by atoms with Crippen LogP contribution >= 0.6 is 0 Å². The molecule has 0 saturated carbocycles. The van der Waals surface area contributed by atoms with Crippen LogP contribution in [0.1, 0.15) is 30.3 Å². The van der Waals surface area contributed by atoms with Gasteiger partial charge in [-0.3, -0.25) is 4.79 Å². The van der Waals surface area contributed by atoms with Crippen LogP contribution in [0.3, 0.4) is 0 Å². The van der Waals surface area contributed by atoms with E-state index in [4.69, 9.17) is 0 Å². The lowest BCUT2D eigenvalue weighted by atomic mass is 10.3. The van der Waals surface area contributed by atoms with Gasteiger partial charge in [-0.15, -0.1) is 10.2 Å². The summed E-state index contributed by atoms with van der Waals surface area (Å²) in [6.45, 7) is 6.75. The van der Waals surface area contributed by atoms with Crippen LogP contribution < -0.4 is 10.6 Å². The van der Waals surface area contributed by atoms with Gasteiger partial charge in [0.2, 0.25) is 0 Å². The zero-order valence-corrected chi connectivity index (χ0v) is 11.4. The van der Waals surface area contributed by atoms with Crippen LogP contribution in [0.4, 0.5) is 5.82 Å². The Labute approximate surface area is 113 Å². The predicted octanol–water partition coefficient (Wildman–Crippen LogP) is 0.734. The molecule has 19 heavy (non-hydrogen) atoms. The minimum absolute atomic E-state index is 0.182. The predicted molar refractivity (Wildman–Crippen MR) is 74.2 cm³/mol. The summed E-state index contributed by atoms with van der Waals surface area (Å²) >= 11 is 0. The molecule has 104 valence electrons. The molecule has 6 nitrogen and oxygen atoms in total. The van der Waals surface area contributed by atoms with Crippen LogP contribution in [0.5, 0.6) is 0 Å². The molecule has 0 spiro atoms. The number of hydrogen-bond acceptors (Lipinski definition) is 5. The Morgan fingerprint density at radius 2 is 2.11 bits per heavy atom. The van der Waals surface area contributed by atoms with Gasteiger partial charge in [-0.25, -0.2) is 0 Å². The Kier molecular flexibility index (Phi) is 5.09. The molecule has 1 aromatic heterocycles. The molecule has 1 aliphatic rings. The number of rotatable bonds is 6. The lowest BCUT2D eigenvalue weighted by Crippen LogP contribution is -2.26. The first-order valence-corrected chi connectivity index (χ1v) is 6.87. The largest absolute Gasteiger partial charge is 0.367 e. The maximum Gasteiger partial charge on any atom is 0.271 e. The van der Waals surface area contributed by atoms with Gasteiger partial charge in [0.05, 0.1) is 0 Å². The van der Waals surface area contributed by atoms with Crippen molar-refractivity contribution in [1.29, 1.82) is 0 Å². The number of carbonyl (C=O) groups excluding carboxylic acids is 1. The second-order valence-corrected chi connectivity index (χ2v) is 4.64. The Hall–Kier alpha value is -1.69. The third-order valence-corrected chi connectivity index (χ3v) is 3.17.